The molecule has 122 valence electrons. The molecule has 1 aliphatic carbocycles. The van der Waals surface area contributed by atoms with Gasteiger partial charge in [0.05, 0.1) is 13.2 Å². The van der Waals surface area contributed by atoms with Gasteiger partial charge in [-0.25, -0.2) is 0 Å². The van der Waals surface area contributed by atoms with Gasteiger partial charge in [0.1, 0.15) is 0 Å². The topological polar surface area (TPSA) is 54.6 Å². The Bertz CT molecular complexity index is 516. The first-order valence-corrected chi connectivity index (χ1v) is 8.58. The summed E-state index contributed by atoms with van der Waals surface area (Å²) in [5.74, 6) is 1.59. The van der Waals surface area contributed by atoms with E-state index in [0.717, 1.165) is 38.8 Å². The average molecular weight is 306 g/mol. The van der Waals surface area contributed by atoms with Gasteiger partial charge in [0.25, 0.3) is 0 Å². The molecule has 1 aromatic heterocycles. The Balaban J connectivity index is 1.48. The summed E-state index contributed by atoms with van der Waals surface area (Å²) in [6, 6.07) is 0.654. The van der Waals surface area contributed by atoms with Crippen LogP contribution in [0.1, 0.15) is 31.6 Å². The van der Waals surface area contributed by atoms with E-state index < -0.39 is 0 Å². The average Bonchev–Trinajstić information content (AvgIpc) is 3.24. The van der Waals surface area contributed by atoms with Crippen LogP contribution in [-0.2, 0) is 4.74 Å². The zero-order chi connectivity index (χ0) is 15.0. The minimum atomic E-state index is 0.214. The molecule has 0 unspecified atom stereocenters. The van der Waals surface area contributed by atoms with Gasteiger partial charge in [-0.05, 0) is 38.1 Å². The third-order valence-electron chi connectivity index (χ3n) is 5.18. The summed E-state index contributed by atoms with van der Waals surface area (Å²) in [6.45, 7) is 8.93. The van der Waals surface area contributed by atoms with Gasteiger partial charge in [-0.3, -0.25) is 0 Å². The molecule has 1 atom stereocenters. The van der Waals surface area contributed by atoms with Gasteiger partial charge in [0.2, 0.25) is 5.89 Å². The van der Waals surface area contributed by atoms with E-state index in [9.17, 15) is 0 Å². The summed E-state index contributed by atoms with van der Waals surface area (Å²) in [5, 5.41) is 8.19. The van der Waals surface area contributed by atoms with E-state index in [2.05, 4.69) is 20.0 Å². The highest BCUT2D eigenvalue weighted by Crippen LogP contribution is 2.37. The molecular formula is C16H26N4O2. The highest BCUT2D eigenvalue weighted by molar-refractivity contribution is 5.25. The van der Waals surface area contributed by atoms with Crippen molar-refractivity contribution in [3.8, 4) is 0 Å². The van der Waals surface area contributed by atoms with Crippen molar-refractivity contribution in [2.75, 3.05) is 50.8 Å². The van der Waals surface area contributed by atoms with Crippen molar-refractivity contribution in [2.24, 2.45) is 11.3 Å². The lowest BCUT2D eigenvalue weighted by Gasteiger charge is -2.43. The van der Waals surface area contributed by atoms with Crippen LogP contribution in [0.4, 0.5) is 6.01 Å². The number of hydrogen-bond donors (Lipinski definition) is 0. The Morgan fingerprint density at radius 3 is 2.91 bits per heavy atom. The smallest absolute Gasteiger partial charge is 0.318 e. The summed E-state index contributed by atoms with van der Waals surface area (Å²) in [7, 11) is 0. The normalized spacial score (nSPS) is 30.7. The largest absolute Gasteiger partial charge is 0.408 e. The zero-order valence-electron chi connectivity index (χ0n) is 13.5. The third-order valence-corrected chi connectivity index (χ3v) is 5.18. The second-order valence-electron chi connectivity index (χ2n) is 7.36. The highest BCUT2D eigenvalue weighted by Gasteiger charge is 2.41. The molecule has 6 heteroatoms. The van der Waals surface area contributed by atoms with E-state index in [-0.39, 0.29) is 5.41 Å². The maximum absolute atomic E-state index is 5.96. The fraction of sp³-hybridized carbons (Fsp3) is 0.875. The first-order valence-electron chi connectivity index (χ1n) is 8.58. The second kappa shape index (κ2) is 5.81. The quantitative estimate of drug-likeness (QED) is 0.847. The molecule has 2 aliphatic heterocycles. The summed E-state index contributed by atoms with van der Waals surface area (Å²) in [5.41, 5.74) is 0.214. The van der Waals surface area contributed by atoms with Crippen LogP contribution in [0.3, 0.4) is 0 Å². The van der Waals surface area contributed by atoms with Crippen molar-refractivity contribution in [2.45, 2.75) is 32.6 Å². The minimum Gasteiger partial charge on any atom is -0.408 e. The van der Waals surface area contributed by atoms with E-state index in [1.54, 1.807) is 0 Å². The van der Waals surface area contributed by atoms with Crippen molar-refractivity contribution >= 4 is 6.01 Å². The van der Waals surface area contributed by atoms with Crippen LogP contribution in [0.2, 0.25) is 0 Å². The van der Waals surface area contributed by atoms with Gasteiger partial charge in [0.15, 0.2) is 0 Å². The Morgan fingerprint density at radius 2 is 2.14 bits per heavy atom. The molecule has 3 aliphatic rings. The van der Waals surface area contributed by atoms with Crippen molar-refractivity contribution in [1.82, 2.24) is 15.1 Å². The van der Waals surface area contributed by atoms with E-state index in [4.69, 9.17) is 9.15 Å². The molecular weight excluding hydrogens is 280 g/mol. The van der Waals surface area contributed by atoms with Crippen LogP contribution in [0, 0.1) is 18.3 Å². The van der Waals surface area contributed by atoms with Crippen molar-refractivity contribution in [3.63, 3.8) is 0 Å². The van der Waals surface area contributed by atoms with Crippen LogP contribution < -0.4 is 4.90 Å². The number of nitrogens with zero attached hydrogens (tertiary/aromatic N) is 4. The van der Waals surface area contributed by atoms with Gasteiger partial charge in [-0.15, -0.1) is 5.10 Å². The maximum Gasteiger partial charge on any atom is 0.318 e. The summed E-state index contributed by atoms with van der Waals surface area (Å²) in [6.07, 6.45) is 5.35. The van der Waals surface area contributed by atoms with Crippen LogP contribution in [0.5, 0.6) is 0 Å². The molecule has 1 aromatic rings. The van der Waals surface area contributed by atoms with Crippen molar-refractivity contribution < 1.29 is 9.15 Å². The third kappa shape index (κ3) is 3.13. The predicted molar refractivity (Wildman–Crippen MR) is 82.9 cm³/mol. The number of aromatic nitrogens is 2. The van der Waals surface area contributed by atoms with E-state index in [1.165, 1.54) is 38.8 Å². The Morgan fingerprint density at radius 1 is 1.23 bits per heavy atom. The minimum absolute atomic E-state index is 0.214. The lowest BCUT2D eigenvalue weighted by Crippen LogP contribution is -2.51. The number of ether oxygens (including phenoxy) is 1. The molecule has 1 saturated carbocycles. The van der Waals surface area contributed by atoms with Crippen LogP contribution in [0.25, 0.3) is 0 Å². The molecule has 0 bridgehead atoms. The van der Waals surface area contributed by atoms with Gasteiger partial charge >= 0.3 is 6.01 Å². The van der Waals surface area contributed by atoms with Crippen molar-refractivity contribution in [1.29, 1.82) is 0 Å². The van der Waals surface area contributed by atoms with Crippen LogP contribution >= 0.6 is 0 Å². The molecule has 0 radical (unpaired) electrons. The monoisotopic (exact) mass is 306 g/mol. The molecule has 4 rings (SSSR count). The number of aryl methyl sites for hydroxylation is 1. The zero-order valence-corrected chi connectivity index (χ0v) is 13.5. The van der Waals surface area contributed by atoms with Gasteiger partial charge in [-0.2, -0.15) is 0 Å². The molecule has 0 amide bonds. The number of hydrogen-bond acceptors (Lipinski definition) is 6. The SMILES string of the molecule is Cc1nnc(N2CCOC[C@@]3(CCCN(CC4CC4)C3)C2)o1. The van der Waals surface area contributed by atoms with E-state index in [1.807, 2.05) is 6.92 Å². The van der Waals surface area contributed by atoms with Crippen LogP contribution in [0.15, 0.2) is 4.42 Å². The van der Waals surface area contributed by atoms with Gasteiger partial charge in [0, 0.05) is 38.5 Å². The number of likely N-dealkylation sites (tertiary alicyclic amines) is 1. The first-order chi connectivity index (χ1) is 10.7. The summed E-state index contributed by atoms with van der Waals surface area (Å²) >= 11 is 0. The lowest BCUT2D eigenvalue weighted by atomic mass is 9.80. The molecule has 1 spiro atoms. The Hall–Kier alpha value is -1.14. The molecule has 3 heterocycles. The Labute approximate surface area is 131 Å². The molecule has 2 saturated heterocycles. The fourth-order valence-corrected chi connectivity index (χ4v) is 3.95. The lowest BCUT2D eigenvalue weighted by molar-refractivity contribution is 0.0118. The number of anilines is 1. The molecule has 0 aromatic carbocycles. The molecule has 6 nitrogen and oxygen atoms in total. The molecule has 22 heavy (non-hydrogen) atoms. The van der Waals surface area contributed by atoms with Gasteiger partial charge in [-0.1, -0.05) is 5.10 Å². The highest BCUT2D eigenvalue weighted by atomic mass is 16.5. The first kappa shape index (κ1) is 14.5. The van der Waals surface area contributed by atoms with Crippen molar-refractivity contribution in [3.05, 3.63) is 5.89 Å². The number of rotatable bonds is 3. The molecule has 0 N–H and O–H groups in total. The maximum atomic E-state index is 5.96. The molecule has 3 fully saturated rings. The van der Waals surface area contributed by atoms with E-state index in [0.29, 0.717) is 11.9 Å². The van der Waals surface area contributed by atoms with Gasteiger partial charge < -0.3 is 19.0 Å². The van der Waals surface area contributed by atoms with Crippen LogP contribution in [-0.4, -0.2) is 61.0 Å². The summed E-state index contributed by atoms with van der Waals surface area (Å²) in [4.78, 5) is 4.89. The predicted octanol–water partition coefficient (Wildman–Crippen LogP) is 1.71. The summed E-state index contributed by atoms with van der Waals surface area (Å²) < 4.78 is 11.6. The fourth-order valence-electron chi connectivity index (χ4n) is 3.95. The number of piperidine rings is 1. The Kier molecular flexibility index (Phi) is 3.82. The van der Waals surface area contributed by atoms with E-state index >= 15 is 0 Å². The second-order valence-corrected chi connectivity index (χ2v) is 7.36. The standard InChI is InChI=1S/C16H26N4O2/c1-13-17-18-15(22-13)20-7-8-21-12-16(11-20)5-2-6-19(10-16)9-14-3-4-14/h14H,2-12H2,1H3/t16-/m1/s1.